The summed E-state index contributed by atoms with van der Waals surface area (Å²) in [6.07, 6.45) is 3.12. The van der Waals surface area contributed by atoms with Gasteiger partial charge in [-0.05, 0) is 17.8 Å². The van der Waals surface area contributed by atoms with Crippen molar-refractivity contribution in [2.45, 2.75) is 47.0 Å². The van der Waals surface area contributed by atoms with Crippen LogP contribution < -0.4 is 0 Å². The standard InChI is InChI=1S/C12H21/c1-11(2)9-7-6-8-10-12(3,4)5/h11H,1,7,9-10H2,2-5H3. The van der Waals surface area contributed by atoms with Crippen LogP contribution in [0.3, 0.4) is 0 Å². The van der Waals surface area contributed by atoms with E-state index in [1.807, 2.05) is 0 Å². The van der Waals surface area contributed by atoms with Crippen LogP contribution in [0.25, 0.3) is 0 Å². The van der Waals surface area contributed by atoms with Gasteiger partial charge in [-0.15, -0.1) is 11.8 Å². The Bertz CT molecular complexity index is 159. The molecule has 1 radical (unpaired) electrons. The monoisotopic (exact) mass is 165 g/mol. The molecule has 0 fully saturated rings. The van der Waals surface area contributed by atoms with Crippen LogP contribution in [-0.4, -0.2) is 0 Å². The molecule has 0 saturated heterocycles. The summed E-state index contributed by atoms with van der Waals surface area (Å²) in [4.78, 5) is 0. The highest BCUT2D eigenvalue weighted by atomic mass is 14.1. The Labute approximate surface area is 77.8 Å². The van der Waals surface area contributed by atoms with Crippen molar-refractivity contribution in [1.82, 2.24) is 0 Å². The average Bonchev–Trinajstić information content (AvgIpc) is 1.83. The fourth-order valence-corrected chi connectivity index (χ4v) is 0.735. The van der Waals surface area contributed by atoms with Gasteiger partial charge >= 0.3 is 0 Å². The predicted octanol–water partition coefficient (Wildman–Crippen LogP) is 3.68. The Hall–Kier alpha value is -0.440. The van der Waals surface area contributed by atoms with Crippen LogP contribution in [-0.2, 0) is 0 Å². The Morgan fingerprint density at radius 1 is 1.25 bits per heavy atom. The summed E-state index contributed by atoms with van der Waals surface area (Å²) in [5.74, 6) is 6.92. The van der Waals surface area contributed by atoms with Crippen LogP contribution >= 0.6 is 0 Å². The second kappa shape index (κ2) is 5.25. The van der Waals surface area contributed by atoms with Gasteiger partial charge in [0.15, 0.2) is 0 Å². The molecule has 0 saturated carbocycles. The van der Waals surface area contributed by atoms with E-state index in [2.05, 4.69) is 46.5 Å². The molecule has 0 N–H and O–H groups in total. The molecule has 0 aromatic heterocycles. The van der Waals surface area contributed by atoms with Crippen LogP contribution in [0, 0.1) is 30.1 Å². The first-order valence-corrected chi connectivity index (χ1v) is 4.70. The summed E-state index contributed by atoms with van der Waals surface area (Å²) in [6, 6.07) is 0. The summed E-state index contributed by atoms with van der Waals surface area (Å²) in [6.45, 7) is 12.7. The Kier molecular flexibility index (Phi) is 5.06. The number of hydrogen-bond donors (Lipinski definition) is 0. The van der Waals surface area contributed by atoms with Crippen molar-refractivity contribution in [3.63, 3.8) is 0 Å². The Morgan fingerprint density at radius 2 is 1.83 bits per heavy atom. The highest BCUT2D eigenvalue weighted by molar-refractivity contribution is 5.01. The molecule has 0 amide bonds. The number of hydrogen-bond acceptors (Lipinski definition) is 0. The Morgan fingerprint density at radius 3 is 2.25 bits per heavy atom. The smallest absolute Gasteiger partial charge is 0.0137 e. The van der Waals surface area contributed by atoms with Crippen LogP contribution in [0.4, 0.5) is 0 Å². The number of rotatable bonds is 2. The third-order valence-electron chi connectivity index (χ3n) is 1.51. The molecular formula is C12H21. The van der Waals surface area contributed by atoms with Gasteiger partial charge in [-0.3, -0.25) is 0 Å². The van der Waals surface area contributed by atoms with Crippen molar-refractivity contribution in [3.05, 3.63) is 6.92 Å². The molecule has 12 heavy (non-hydrogen) atoms. The molecule has 0 aromatic rings. The third kappa shape index (κ3) is 9.56. The second-order valence-electron chi connectivity index (χ2n) is 4.73. The van der Waals surface area contributed by atoms with Gasteiger partial charge in [0.05, 0.1) is 0 Å². The lowest BCUT2D eigenvalue weighted by molar-refractivity contribution is 0.427. The van der Waals surface area contributed by atoms with Crippen LogP contribution in [0.5, 0.6) is 0 Å². The first-order chi connectivity index (χ1) is 5.42. The van der Waals surface area contributed by atoms with Crippen LogP contribution in [0.1, 0.15) is 47.0 Å². The minimum absolute atomic E-state index is 0.350. The maximum absolute atomic E-state index is 3.92. The fraction of sp³-hybridized carbons (Fsp3) is 0.750. The highest BCUT2D eigenvalue weighted by Crippen LogP contribution is 2.16. The average molecular weight is 165 g/mol. The van der Waals surface area contributed by atoms with Crippen LogP contribution in [0.15, 0.2) is 0 Å². The third-order valence-corrected chi connectivity index (χ3v) is 1.51. The van der Waals surface area contributed by atoms with Crippen LogP contribution in [0.2, 0.25) is 0 Å². The van der Waals surface area contributed by atoms with Crippen molar-refractivity contribution < 1.29 is 0 Å². The Balaban J connectivity index is 3.48. The molecule has 0 aliphatic rings. The van der Waals surface area contributed by atoms with Gasteiger partial charge in [0.1, 0.15) is 0 Å². The van der Waals surface area contributed by atoms with Gasteiger partial charge in [-0.25, -0.2) is 0 Å². The maximum atomic E-state index is 3.92. The molecule has 1 unspecified atom stereocenters. The van der Waals surface area contributed by atoms with Gasteiger partial charge in [0, 0.05) is 12.8 Å². The van der Waals surface area contributed by atoms with E-state index in [9.17, 15) is 0 Å². The maximum Gasteiger partial charge on any atom is 0.0137 e. The molecule has 69 valence electrons. The quantitative estimate of drug-likeness (QED) is 0.548. The second-order valence-corrected chi connectivity index (χ2v) is 4.73. The van der Waals surface area contributed by atoms with E-state index < -0.39 is 0 Å². The molecule has 0 aromatic carbocycles. The minimum Gasteiger partial charge on any atom is -0.103 e. The van der Waals surface area contributed by atoms with Crippen molar-refractivity contribution in [1.29, 1.82) is 0 Å². The normalized spacial score (nSPS) is 11.2. The van der Waals surface area contributed by atoms with E-state index in [0.717, 1.165) is 19.3 Å². The lowest BCUT2D eigenvalue weighted by Gasteiger charge is -2.12. The van der Waals surface area contributed by atoms with E-state index in [-0.39, 0.29) is 0 Å². The summed E-state index contributed by atoms with van der Waals surface area (Å²) in [5, 5.41) is 0. The van der Waals surface area contributed by atoms with E-state index in [1.54, 1.807) is 0 Å². The SMILES string of the molecule is [CH2]C(C)CCC#CCC(C)(C)C. The zero-order valence-electron chi connectivity index (χ0n) is 8.91. The van der Waals surface area contributed by atoms with Gasteiger partial charge in [0.25, 0.3) is 0 Å². The molecule has 0 bridgehead atoms. The van der Waals surface area contributed by atoms with Gasteiger partial charge in [0.2, 0.25) is 0 Å². The topological polar surface area (TPSA) is 0 Å². The summed E-state index contributed by atoms with van der Waals surface area (Å²) in [7, 11) is 0. The molecule has 0 nitrogen and oxygen atoms in total. The van der Waals surface area contributed by atoms with E-state index >= 15 is 0 Å². The van der Waals surface area contributed by atoms with Crippen molar-refractivity contribution >= 4 is 0 Å². The summed E-state index contributed by atoms with van der Waals surface area (Å²) < 4.78 is 0. The molecule has 0 aliphatic carbocycles. The highest BCUT2D eigenvalue weighted by Gasteiger charge is 2.06. The van der Waals surface area contributed by atoms with E-state index in [4.69, 9.17) is 0 Å². The fourth-order valence-electron chi connectivity index (χ4n) is 0.735. The molecule has 0 heteroatoms. The molecular weight excluding hydrogens is 144 g/mol. The summed E-state index contributed by atoms with van der Waals surface area (Å²) >= 11 is 0. The summed E-state index contributed by atoms with van der Waals surface area (Å²) in [5.41, 5.74) is 0.350. The minimum atomic E-state index is 0.350. The van der Waals surface area contributed by atoms with E-state index in [1.165, 1.54) is 0 Å². The van der Waals surface area contributed by atoms with Crippen molar-refractivity contribution in [2.24, 2.45) is 11.3 Å². The lowest BCUT2D eigenvalue weighted by Crippen LogP contribution is -2.02. The molecule has 0 aliphatic heterocycles. The first kappa shape index (κ1) is 11.6. The van der Waals surface area contributed by atoms with Gasteiger partial charge in [-0.2, -0.15) is 0 Å². The lowest BCUT2D eigenvalue weighted by atomic mass is 9.93. The predicted molar refractivity (Wildman–Crippen MR) is 55.6 cm³/mol. The molecule has 0 rings (SSSR count). The van der Waals surface area contributed by atoms with Crippen molar-refractivity contribution in [3.8, 4) is 11.8 Å². The first-order valence-electron chi connectivity index (χ1n) is 4.70. The molecule has 0 spiro atoms. The largest absolute Gasteiger partial charge is 0.103 e. The van der Waals surface area contributed by atoms with Gasteiger partial charge in [-0.1, -0.05) is 34.6 Å². The zero-order valence-corrected chi connectivity index (χ0v) is 8.91. The molecule has 1 atom stereocenters. The molecule has 0 heterocycles. The van der Waals surface area contributed by atoms with Gasteiger partial charge < -0.3 is 0 Å². The zero-order chi connectivity index (χ0) is 9.61. The van der Waals surface area contributed by atoms with Crippen molar-refractivity contribution in [2.75, 3.05) is 0 Å². The van der Waals surface area contributed by atoms with E-state index in [0.29, 0.717) is 11.3 Å².